The zero-order valence-corrected chi connectivity index (χ0v) is 11.0. The second-order valence-corrected chi connectivity index (χ2v) is 7.51. The monoisotopic (exact) mass is 281 g/mol. The topological polar surface area (TPSA) is 77.2 Å². The lowest BCUT2D eigenvalue weighted by Gasteiger charge is -2.07. The van der Waals surface area contributed by atoms with Gasteiger partial charge in [0.25, 0.3) is 0 Å². The molecule has 2 N–H and O–H groups in total. The van der Waals surface area contributed by atoms with Crippen molar-refractivity contribution in [3.8, 4) is 0 Å². The highest BCUT2D eigenvalue weighted by Crippen LogP contribution is 2.25. The van der Waals surface area contributed by atoms with E-state index in [4.69, 9.17) is 17.3 Å². The number of halogens is 1. The molecule has 1 aromatic rings. The predicted molar refractivity (Wildman–Crippen MR) is 66.9 cm³/mol. The highest BCUT2D eigenvalue weighted by molar-refractivity contribution is 7.92. The quantitative estimate of drug-likeness (QED) is 0.838. The molecule has 0 saturated carbocycles. The molecule has 16 heavy (non-hydrogen) atoms. The van der Waals surface area contributed by atoms with Crippen molar-refractivity contribution >= 4 is 37.9 Å². The molecule has 1 unspecified atom stereocenters. The number of hydrogen-bond acceptors (Lipinski definition) is 4. The lowest BCUT2D eigenvalue weighted by atomic mass is 10.3. The summed E-state index contributed by atoms with van der Waals surface area (Å²) in [6.07, 6.45) is 1.10. The van der Waals surface area contributed by atoms with Crippen molar-refractivity contribution in [1.82, 2.24) is 0 Å². The summed E-state index contributed by atoms with van der Waals surface area (Å²) in [4.78, 5) is 0.313. The van der Waals surface area contributed by atoms with Crippen molar-refractivity contribution in [2.45, 2.75) is 4.90 Å². The van der Waals surface area contributed by atoms with Gasteiger partial charge in [0.2, 0.25) is 0 Å². The first-order chi connectivity index (χ1) is 7.31. The molecule has 1 aromatic carbocycles. The Morgan fingerprint density at radius 2 is 2.06 bits per heavy atom. The molecular weight excluding hydrogens is 270 g/mol. The molecule has 0 heterocycles. The zero-order valence-electron chi connectivity index (χ0n) is 8.64. The summed E-state index contributed by atoms with van der Waals surface area (Å²) >= 11 is 5.85. The number of rotatable bonds is 4. The molecular formula is C9H12ClNO3S2. The van der Waals surface area contributed by atoms with Crippen LogP contribution in [0, 0.1) is 0 Å². The number of nitrogen functional groups attached to an aromatic ring is 1. The van der Waals surface area contributed by atoms with Crippen molar-refractivity contribution in [3.05, 3.63) is 23.2 Å². The highest BCUT2D eigenvalue weighted by atomic mass is 35.5. The summed E-state index contributed by atoms with van der Waals surface area (Å²) in [5.74, 6) is -0.142. The van der Waals surface area contributed by atoms with Gasteiger partial charge < -0.3 is 5.73 Å². The Balaban J connectivity index is 2.90. The number of hydrogen-bond donors (Lipinski definition) is 1. The van der Waals surface area contributed by atoms with Crippen molar-refractivity contribution in [3.63, 3.8) is 0 Å². The molecule has 0 saturated heterocycles. The van der Waals surface area contributed by atoms with Crippen LogP contribution in [0.5, 0.6) is 0 Å². The van der Waals surface area contributed by atoms with Crippen LogP contribution >= 0.6 is 11.6 Å². The third kappa shape index (κ3) is 3.77. The van der Waals surface area contributed by atoms with Crippen LogP contribution in [0.2, 0.25) is 5.02 Å². The standard InChI is InChI=1S/C9H12ClNO3S2/c1-16(13,14)6-5-15(12)9-7(10)3-2-4-8(9)11/h2-4H,5-6,11H2,1H3. The lowest BCUT2D eigenvalue weighted by molar-refractivity contribution is 0.602. The van der Waals surface area contributed by atoms with Gasteiger partial charge >= 0.3 is 0 Å². The zero-order chi connectivity index (χ0) is 12.3. The van der Waals surface area contributed by atoms with E-state index >= 15 is 0 Å². The first-order valence-electron chi connectivity index (χ1n) is 4.41. The second-order valence-electron chi connectivity index (χ2n) is 3.34. The average molecular weight is 282 g/mol. The molecule has 0 amide bonds. The van der Waals surface area contributed by atoms with E-state index < -0.39 is 20.6 Å². The Kier molecular flexibility index (Phi) is 4.35. The number of anilines is 1. The summed E-state index contributed by atoms with van der Waals surface area (Å²) in [6.45, 7) is 0. The fourth-order valence-corrected chi connectivity index (χ4v) is 4.17. The number of nitrogens with two attached hydrogens (primary N) is 1. The Hall–Kier alpha value is -0.590. The van der Waals surface area contributed by atoms with Crippen molar-refractivity contribution in [2.24, 2.45) is 0 Å². The first kappa shape index (κ1) is 13.5. The van der Waals surface area contributed by atoms with Crippen molar-refractivity contribution in [2.75, 3.05) is 23.5 Å². The summed E-state index contributed by atoms with van der Waals surface area (Å²) in [5.41, 5.74) is 5.95. The molecule has 90 valence electrons. The molecule has 1 rings (SSSR count). The Morgan fingerprint density at radius 3 is 2.56 bits per heavy atom. The minimum Gasteiger partial charge on any atom is -0.398 e. The normalized spacial score (nSPS) is 13.6. The van der Waals surface area contributed by atoms with Crippen LogP contribution in [-0.4, -0.2) is 30.4 Å². The molecule has 0 aliphatic carbocycles. The van der Waals surface area contributed by atoms with Crippen molar-refractivity contribution in [1.29, 1.82) is 0 Å². The molecule has 1 atom stereocenters. The largest absolute Gasteiger partial charge is 0.398 e. The van der Waals surface area contributed by atoms with Crippen LogP contribution in [0.3, 0.4) is 0 Å². The Bertz CT molecular complexity index is 493. The van der Waals surface area contributed by atoms with E-state index in [1.54, 1.807) is 18.2 Å². The number of benzene rings is 1. The van der Waals surface area contributed by atoms with Gasteiger partial charge in [0.15, 0.2) is 0 Å². The fourth-order valence-electron chi connectivity index (χ4n) is 1.09. The van der Waals surface area contributed by atoms with Gasteiger partial charge in [-0.15, -0.1) is 0 Å². The van der Waals surface area contributed by atoms with Gasteiger partial charge in [-0.3, -0.25) is 4.21 Å². The van der Waals surface area contributed by atoms with Crippen LogP contribution in [0.25, 0.3) is 0 Å². The van der Waals surface area contributed by atoms with Crippen LogP contribution in [0.1, 0.15) is 0 Å². The van der Waals surface area contributed by atoms with E-state index in [1.807, 2.05) is 0 Å². The van der Waals surface area contributed by atoms with Gasteiger partial charge in [-0.05, 0) is 12.1 Å². The maximum Gasteiger partial charge on any atom is 0.148 e. The summed E-state index contributed by atoms with van der Waals surface area (Å²) in [6, 6.07) is 4.81. The predicted octanol–water partition coefficient (Wildman–Crippen LogP) is 1.07. The second kappa shape index (κ2) is 5.16. The summed E-state index contributed by atoms with van der Waals surface area (Å²) < 4.78 is 33.7. The molecule has 0 spiro atoms. The van der Waals surface area contributed by atoms with E-state index in [2.05, 4.69) is 0 Å². The van der Waals surface area contributed by atoms with E-state index in [0.29, 0.717) is 15.6 Å². The molecule has 0 bridgehead atoms. The van der Waals surface area contributed by atoms with Gasteiger partial charge in [0.1, 0.15) is 9.84 Å². The molecule has 0 aromatic heterocycles. The SMILES string of the molecule is CS(=O)(=O)CCS(=O)c1c(N)cccc1Cl. The van der Waals surface area contributed by atoms with E-state index in [-0.39, 0.29) is 11.5 Å². The smallest absolute Gasteiger partial charge is 0.148 e. The average Bonchev–Trinajstić information content (AvgIpc) is 2.13. The fraction of sp³-hybridized carbons (Fsp3) is 0.333. The highest BCUT2D eigenvalue weighted by Gasteiger charge is 2.14. The molecule has 0 aliphatic rings. The molecule has 4 nitrogen and oxygen atoms in total. The van der Waals surface area contributed by atoms with Crippen LogP contribution in [0.4, 0.5) is 5.69 Å². The third-order valence-electron chi connectivity index (χ3n) is 1.86. The van der Waals surface area contributed by atoms with Gasteiger partial charge in [-0.2, -0.15) is 0 Å². The Morgan fingerprint density at radius 1 is 1.44 bits per heavy atom. The third-order valence-corrected chi connectivity index (χ3v) is 4.98. The van der Waals surface area contributed by atoms with E-state index in [9.17, 15) is 12.6 Å². The molecule has 7 heteroatoms. The van der Waals surface area contributed by atoms with E-state index in [1.165, 1.54) is 0 Å². The minimum atomic E-state index is -3.13. The van der Waals surface area contributed by atoms with Gasteiger partial charge in [-0.25, -0.2) is 8.42 Å². The lowest BCUT2D eigenvalue weighted by Crippen LogP contribution is -2.13. The van der Waals surface area contributed by atoms with Crippen LogP contribution in [0.15, 0.2) is 23.1 Å². The van der Waals surface area contributed by atoms with Gasteiger partial charge in [-0.1, -0.05) is 17.7 Å². The molecule has 0 radical (unpaired) electrons. The van der Waals surface area contributed by atoms with E-state index in [0.717, 1.165) is 6.26 Å². The van der Waals surface area contributed by atoms with Gasteiger partial charge in [0, 0.05) is 17.7 Å². The maximum absolute atomic E-state index is 11.8. The minimum absolute atomic E-state index is 0.00671. The first-order valence-corrected chi connectivity index (χ1v) is 8.17. The number of sulfone groups is 1. The molecule has 0 aliphatic heterocycles. The Labute approximate surface area is 102 Å². The van der Waals surface area contributed by atoms with Gasteiger partial charge in [0.05, 0.1) is 26.5 Å². The van der Waals surface area contributed by atoms with Crippen molar-refractivity contribution < 1.29 is 12.6 Å². The summed E-state index contributed by atoms with van der Waals surface area (Å²) in [7, 11) is -4.62. The summed E-state index contributed by atoms with van der Waals surface area (Å²) in [5, 5.41) is 0.298. The molecule has 0 fully saturated rings. The van der Waals surface area contributed by atoms with Crippen LogP contribution in [-0.2, 0) is 20.6 Å². The van der Waals surface area contributed by atoms with Crippen LogP contribution < -0.4 is 5.73 Å². The maximum atomic E-state index is 11.8.